The molecule has 2 aliphatic rings. The molecular formula is C32H42F5NO4S. The van der Waals surface area contributed by atoms with Crippen LogP contribution in [0.4, 0.5) is 22.0 Å². The Bertz CT molecular complexity index is 1170. The van der Waals surface area contributed by atoms with E-state index >= 15 is 0 Å². The SMILES string of the molecule is CC1(c2ccc(O)cc2)COc2cc(O)ccc2C1CCCCCN1CCC(C[S+]([O-])CCCC(F)(F)C(F)(F)F)CC1. The van der Waals surface area contributed by atoms with Crippen LogP contribution in [0, 0.1) is 5.92 Å². The number of ether oxygens (including phenoxy) is 1. The van der Waals surface area contributed by atoms with E-state index in [4.69, 9.17) is 4.74 Å². The molecule has 0 radical (unpaired) electrons. The summed E-state index contributed by atoms with van der Waals surface area (Å²) in [7, 11) is 0. The van der Waals surface area contributed by atoms with E-state index in [0.29, 0.717) is 18.1 Å². The highest BCUT2D eigenvalue weighted by Gasteiger charge is 2.56. The third kappa shape index (κ3) is 8.69. The van der Waals surface area contributed by atoms with Crippen molar-refractivity contribution in [2.24, 2.45) is 5.92 Å². The summed E-state index contributed by atoms with van der Waals surface area (Å²) in [5.74, 6) is -3.02. The molecule has 3 unspecified atom stereocenters. The second-order valence-corrected chi connectivity index (χ2v) is 13.9. The highest BCUT2D eigenvalue weighted by molar-refractivity contribution is 7.91. The molecule has 2 heterocycles. The second kappa shape index (κ2) is 14.2. The van der Waals surface area contributed by atoms with Gasteiger partial charge in [0.15, 0.2) is 0 Å². The van der Waals surface area contributed by atoms with Crippen LogP contribution in [0.3, 0.4) is 0 Å². The van der Waals surface area contributed by atoms with Crippen LogP contribution in [0.15, 0.2) is 42.5 Å². The molecule has 11 heteroatoms. The maximum Gasteiger partial charge on any atom is 0.453 e. The van der Waals surface area contributed by atoms with E-state index in [1.54, 1.807) is 24.3 Å². The monoisotopic (exact) mass is 631 g/mol. The van der Waals surface area contributed by atoms with E-state index in [1.807, 2.05) is 18.2 Å². The molecule has 0 amide bonds. The highest BCUT2D eigenvalue weighted by atomic mass is 32.2. The van der Waals surface area contributed by atoms with E-state index in [9.17, 15) is 36.7 Å². The van der Waals surface area contributed by atoms with E-state index in [2.05, 4.69) is 11.8 Å². The number of hydrogen-bond donors (Lipinski definition) is 2. The van der Waals surface area contributed by atoms with Gasteiger partial charge in [-0.25, -0.2) is 0 Å². The number of alkyl halides is 5. The lowest BCUT2D eigenvalue weighted by Crippen LogP contribution is -2.40. The number of phenols is 2. The first-order chi connectivity index (χ1) is 20.3. The fraction of sp³-hybridized carbons (Fsp3) is 0.625. The van der Waals surface area contributed by atoms with Gasteiger partial charge in [0.1, 0.15) is 28.8 Å². The first-order valence-electron chi connectivity index (χ1n) is 15.1. The Morgan fingerprint density at radius 1 is 0.953 bits per heavy atom. The van der Waals surface area contributed by atoms with E-state index in [0.717, 1.165) is 69.3 Å². The van der Waals surface area contributed by atoms with Gasteiger partial charge in [0, 0.05) is 29.7 Å². The van der Waals surface area contributed by atoms with Crippen molar-refractivity contribution in [1.29, 1.82) is 0 Å². The van der Waals surface area contributed by atoms with E-state index < -0.39 is 36.1 Å². The zero-order valence-electron chi connectivity index (χ0n) is 24.6. The molecule has 0 spiro atoms. The Balaban J connectivity index is 1.19. The van der Waals surface area contributed by atoms with Gasteiger partial charge in [0.2, 0.25) is 0 Å². The van der Waals surface area contributed by atoms with Crippen molar-refractivity contribution in [3.63, 3.8) is 0 Å². The predicted molar refractivity (Wildman–Crippen MR) is 158 cm³/mol. The molecule has 0 aliphatic carbocycles. The van der Waals surface area contributed by atoms with Gasteiger partial charge in [-0.15, -0.1) is 0 Å². The molecule has 1 saturated heterocycles. The topological polar surface area (TPSA) is 76.0 Å². The molecule has 0 bridgehead atoms. The molecular weight excluding hydrogens is 589 g/mol. The standard InChI is InChI=1S/C32H42F5NO4S/c1-30(24-7-9-25(39)10-8-24)22-42-29-20-26(40)11-12-27(29)28(30)6-3-2-4-16-38-17-13-23(14-18-38)21-43(41)19-5-15-31(33,34)32(35,36)37/h7-12,20,23,28,39-40H,2-6,13-19,21-22H2,1H3. The molecule has 0 aromatic heterocycles. The molecule has 3 atom stereocenters. The fourth-order valence-corrected chi connectivity index (χ4v) is 7.88. The van der Waals surface area contributed by atoms with Crippen molar-refractivity contribution in [3.05, 3.63) is 53.6 Å². The molecule has 240 valence electrons. The summed E-state index contributed by atoms with van der Waals surface area (Å²) in [6.07, 6.45) is -1.55. The summed E-state index contributed by atoms with van der Waals surface area (Å²) in [5.41, 5.74) is 1.88. The zero-order valence-corrected chi connectivity index (χ0v) is 25.4. The van der Waals surface area contributed by atoms with Gasteiger partial charge < -0.3 is 24.4 Å². The Morgan fingerprint density at radius 2 is 1.63 bits per heavy atom. The van der Waals surface area contributed by atoms with Crippen LogP contribution in [-0.2, 0) is 16.6 Å². The number of nitrogens with zero attached hydrogens (tertiary/aromatic N) is 1. The van der Waals surface area contributed by atoms with Crippen LogP contribution >= 0.6 is 0 Å². The number of aromatic hydroxyl groups is 2. The quantitative estimate of drug-likeness (QED) is 0.136. The molecule has 2 aromatic rings. The lowest BCUT2D eigenvalue weighted by atomic mass is 9.66. The van der Waals surface area contributed by atoms with Gasteiger partial charge in [0.05, 0.1) is 6.61 Å². The zero-order chi connectivity index (χ0) is 31.3. The van der Waals surface area contributed by atoms with Crippen molar-refractivity contribution in [2.75, 3.05) is 37.7 Å². The van der Waals surface area contributed by atoms with Crippen LogP contribution in [0.2, 0.25) is 0 Å². The molecule has 43 heavy (non-hydrogen) atoms. The van der Waals surface area contributed by atoms with E-state index in [-0.39, 0.29) is 34.5 Å². The number of halogens is 5. The van der Waals surface area contributed by atoms with Gasteiger partial charge in [0.25, 0.3) is 0 Å². The number of unbranched alkanes of at least 4 members (excludes halogenated alkanes) is 2. The Kier molecular flexibility index (Phi) is 11.1. The number of phenolic OH excluding ortho intramolecular Hbond substituents is 2. The minimum absolute atomic E-state index is 0.129. The van der Waals surface area contributed by atoms with Crippen molar-refractivity contribution in [3.8, 4) is 17.2 Å². The molecule has 2 aliphatic heterocycles. The van der Waals surface area contributed by atoms with E-state index in [1.165, 1.54) is 0 Å². The van der Waals surface area contributed by atoms with Crippen LogP contribution in [0.1, 0.15) is 75.3 Å². The van der Waals surface area contributed by atoms with Crippen molar-refractivity contribution >= 4 is 11.2 Å². The third-order valence-corrected chi connectivity index (χ3v) is 10.7. The maximum atomic E-state index is 13.1. The molecule has 1 fully saturated rings. The lowest BCUT2D eigenvalue weighted by Gasteiger charge is -2.43. The molecule has 0 saturated carbocycles. The Labute approximate surface area is 253 Å². The molecule has 2 aromatic carbocycles. The minimum Gasteiger partial charge on any atom is -0.616 e. The summed E-state index contributed by atoms with van der Waals surface area (Å²) in [6.45, 7) is 5.34. The van der Waals surface area contributed by atoms with Crippen molar-refractivity contribution in [1.82, 2.24) is 4.90 Å². The third-order valence-electron chi connectivity index (χ3n) is 9.07. The number of hydrogen-bond acceptors (Lipinski definition) is 5. The van der Waals surface area contributed by atoms with Crippen LogP contribution in [-0.4, -0.2) is 69.5 Å². The van der Waals surface area contributed by atoms with Crippen LogP contribution in [0.5, 0.6) is 17.2 Å². The predicted octanol–water partition coefficient (Wildman–Crippen LogP) is 7.53. The van der Waals surface area contributed by atoms with Crippen molar-refractivity contribution in [2.45, 2.75) is 81.7 Å². The fourth-order valence-electron chi connectivity index (χ4n) is 6.39. The summed E-state index contributed by atoms with van der Waals surface area (Å²) >= 11 is -1.39. The van der Waals surface area contributed by atoms with Crippen LogP contribution in [0.25, 0.3) is 0 Å². The Morgan fingerprint density at radius 3 is 2.30 bits per heavy atom. The maximum absolute atomic E-state index is 13.1. The van der Waals surface area contributed by atoms with Gasteiger partial charge >= 0.3 is 12.1 Å². The molecule has 2 N–H and O–H groups in total. The number of likely N-dealkylation sites (tertiary alicyclic amines) is 1. The normalized spacial score (nSPS) is 22.6. The first kappa shape index (κ1) is 33.6. The lowest BCUT2D eigenvalue weighted by molar-refractivity contribution is -0.284. The van der Waals surface area contributed by atoms with Gasteiger partial charge in [-0.3, -0.25) is 0 Å². The highest BCUT2D eigenvalue weighted by Crippen LogP contribution is 2.49. The first-order valence-corrected chi connectivity index (χ1v) is 16.5. The average molecular weight is 632 g/mol. The van der Waals surface area contributed by atoms with Crippen LogP contribution < -0.4 is 4.74 Å². The summed E-state index contributed by atoms with van der Waals surface area (Å²) in [4.78, 5) is 2.39. The summed E-state index contributed by atoms with van der Waals surface area (Å²) < 4.78 is 81.4. The van der Waals surface area contributed by atoms with Gasteiger partial charge in [-0.1, -0.05) is 49.1 Å². The molecule has 5 nitrogen and oxygen atoms in total. The summed E-state index contributed by atoms with van der Waals surface area (Å²) in [6, 6.07) is 12.6. The smallest absolute Gasteiger partial charge is 0.453 e. The second-order valence-electron chi connectivity index (χ2n) is 12.3. The van der Waals surface area contributed by atoms with Gasteiger partial charge in [-0.2, -0.15) is 22.0 Å². The largest absolute Gasteiger partial charge is 0.616 e. The summed E-state index contributed by atoms with van der Waals surface area (Å²) in [5, 5.41) is 19.8. The number of piperidine rings is 1. The average Bonchev–Trinajstić information content (AvgIpc) is 2.94. The number of fused-ring (bicyclic) bond motifs is 1. The number of rotatable bonds is 13. The van der Waals surface area contributed by atoms with Gasteiger partial charge in [-0.05, 0) is 81.1 Å². The molecule has 4 rings (SSSR count). The Hall–Kier alpha value is -2.24. The van der Waals surface area contributed by atoms with Crippen molar-refractivity contribution < 1.29 is 41.5 Å². The number of benzene rings is 2. The minimum atomic E-state index is -5.56.